The summed E-state index contributed by atoms with van der Waals surface area (Å²) in [4.78, 5) is 5.67. The Bertz CT molecular complexity index is 394. The third-order valence-electron chi connectivity index (χ3n) is 2.42. The van der Waals surface area contributed by atoms with E-state index in [0.29, 0.717) is 11.4 Å². The topological polar surface area (TPSA) is 60.2 Å². The van der Waals surface area contributed by atoms with Crippen LogP contribution in [0, 0.1) is 11.3 Å². The van der Waals surface area contributed by atoms with Gasteiger partial charge in [-0.15, -0.1) is 0 Å². The van der Waals surface area contributed by atoms with E-state index >= 15 is 0 Å². The van der Waals surface area contributed by atoms with Crippen molar-refractivity contribution in [2.45, 2.75) is 12.3 Å². The molecule has 78 valence electrons. The van der Waals surface area contributed by atoms with Crippen molar-refractivity contribution in [2.24, 2.45) is 0 Å². The number of nitriles is 1. The van der Waals surface area contributed by atoms with Crippen molar-refractivity contribution in [3.63, 3.8) is 0 Å². The molecule has 1 aromatic rings. The number of halogens is 1. The third-order valence-corrected chi connectivity index (χ3v) is 2.42. The molecule has 1 N–H and O–H groups in total. The number of hydrogen-bond donors (Lipinski definition) is 1. The van der Waals surface area contributed by atoms with E-state index in [1.807, 2.05) is 6.07 Å². The molecule has 0 aliphatic carbocycles. The van der Waals surface area contributed by atoms with E-state index in [1.54, 1.807) is 17.0 Å². The predicted molar refractivity (Wildman–Crippen MR) is 52.1 cm³/mol. The van der Waals surface area contributed by atoms with Crippen LogP contribution in [0.25, 0.3) is 0 Å². The van der Waals surface area contributed by atoms with Gasteiger partial charge in [-0.2, -0.15) is 5.26 Å². The van der Waals surface area contributed by atoms with Crippen LogP contribution in [0.15, 0.2) is 18.3 Å². The van der Waals surface area contributed by atoms with E-state index in [0.717, 1.165) is 0 Å². The Balaban J connectivity index is 2.21. The second kappa shape index (κ2) is 3.83. The van der Waals surface area contributed by atoms with Gasteiger partial charge in [-0.05, 0) is 12.1 Å². The van der Waals surface area contributed by atoms with Gasteiger partial charge in [0, 0.05) is 12.7 Å². The smallest absolute Gasteiger partial charge is 0.145 e. The Kier molecular flexibility index (Phi) is 2.52. The summed E-state index contributed by atoms with van der Waals surface area (Å²) in [5.74, 6) is 0.535. The first-order valence-corrected chi connectivity index (χ1v) is 4.64. The van der Waals surface area contributed by atoms with Crippen molar-refractivity contribution >= 4 is 5.82 Å². The summed E-state index contributed by atoms with van der Waals surface area (Å²) in [7, 11) is 0. The van der Waals surface area contributed by atoms with E-state index in [-0.39, 0.29) is 13.1 Å². The molecule has 1 saturated heterocycles. The Morgan fingerprint density at radius 1 is 1.60 bits per heavy atom. The summed E-state index contributed by atoms with van der Waals surface area (Å²) in [5, 5.41) is 17.9. The minimum absolute atomic E-state index is 0.128. The fourth-order valence-corrected chi connectivity index (χ4v) is 1.59. The molecule has 0 bridgehead atoms. The van der Waals surface area contributed by atoms with Crippen LogP contribution in [0.1, 0.15) is 5.56 Å². The number of pyridine rings is 1. The van der Waals surface area contributed by atoms with Crippen molar-refractivity contribution in [3.05, 3.63) is 23.9 Å². The van der Waals surface area contributed by atoms with Crippen molar-refractivity contribution in [2.75, 3.05) is 18.0 Å². The Labute approximate surface area is 86.6 Å². The third kappa shape index (κ3) is 1.90. The largest absolute Gasteiger partial charge is 0.388 e. The van der Waals surface area contributed by atoms with Crippen LogP contribution < -0.4 is 4.90 Å². The van der Waals surface area contributed by atoms with Gasteiger partial charge in [0.1, 0.15) is 18.1 Å². The molecule has 2 heterocycles. The van der Waals surface area contributed by atoms with Gasteiger partial charge in [-0.3, -0.25) is 0 Å². The minimum atomic E-state index is -1.24. The molecule has 15 heavy (non-hydrogen) atoms. The molecule has 0 aromatic carbocycles. The number of rotatable bonds is 1. The van der Waals surface area contributed by atoms with Crippen LogP contribution in [0.4, 0.5) is 10.2 Å². The standard InChI is InChI=1S/C10H10FN3O/c11-8-5-14(6-9(8)15)10-3-7(4-12)1-2-13-10/h1-3,8-9,15H,5-6H2/t8-,9-/m1/s1. The lowest BCUT2D eigenvalue weighted by atomic mass is 10.3. The Morgan fingerprint density at radius 2 is 2.40 bits per heavy atom. The van der Waals surface area contributed by atoms with Gasteiger partial charge in [-0.25, -0.2) is 9.37 Å². The molecule has 1 fully saturated rings. The van der Waals surface area contributed by atoms with Crippen molar-refractivity contribution < 1.29 is 9.50 Å². The molecule has 1 aromatic heterocycles. The number of β-amino-alcohol motifs (C(OH)–C–C–N with tert-alkyl or cyclic N) is 1. The van der Waals surface area contributed by atoms with Gasteiger partial charge in [0.15, 0.2) is 0 Å². The molecule has 0 unspecified atom stereocenters. The lowest BCUT2D eigenvalue weighted by molar-refractivity contribution is 0.118. The van der Waals surface area contributed by atoms with E-state index in [2.05, 4.69) is 4.98 Å². The van der Waals surface area contributed by atoms with Gasteiger partial charge < -0.3 is 10.0 Å². The Morgan fingerprint density at radius 3 is 3.00 bits per heavy atom. The highest BCUT2D eigenvalue weighted by Crippen LogP contribution is 2.20. The maximum absolute atomic E-state index is 13.1. The molecule has 1 aliphatic heterocycles. The number of hydrogen-bond acceptors (Lipinski definition) is 4. The van der Waals surface area contributed by atoms with Crippen LogP contribution in [-0.4, -0.2) is 35.5 Å². The van der Waals surface area contributed by atoms with E-state index < -0.39 is 12.3 Å². The van der Waals surface area contributed by atoms with Crippen LogP contribution in [0.3, 0.4) is 0 Å². The molecule has 1 aliphatic rings. The second-order valence-corrected chi connectivity index (χ2v) is 3.50. The maximum Gasteiger partial charge on any atom is 0.145 e. The van der Waals surface area contributed by atoms with Gasteiger partial charge in [0.2, 0.25) is 0 Å². The first kappa shape index (κ1) is 9.87. The van der Waals surface area contributed by atoms with E-state index in [4.69, 9.17) is 5.26 Å². The number of aromatic nitrogens is 1. The summed E-state index contributed by atoms with van der Waals surface area (Å²) in [6, 6.07) is 5.16. The number of aliphatic hydroxyl groups is 1. The van der Waals surface area contributed by atoms with Crippen LogP contribution in [0.5, 0.6) is 0 Å². The highest BCUT2D eigenvalue weighted by Gasteiger charge is 2.31. The highest BCUT2D eigenvalue weighted by molar-refractivity contribution is 5.46. The molecule has 0 amide bonds. The molecule has 0 radical (unpaired) electrons. The van der Waals surface area contributed by atoms with Crippen LogP contribution >= 0.6 is 0 Å². The van der Waals surface area contributed by atoms with Crippen LogP contribution in [0.2, 0.25) is 0 Å². The van der Waals surface area contributed by atoms with Gasteiger partial charge in [0.25, 0.3) is 0 Å². The predicted octanol–water partition coefficient (Wildman–Crippen LogP) is 0.472. The SMILES string of the molecule is N#Cc1ccnc(N2C[C@@H](O)[C@H](F)C2)c1. The number of anilines is 1. The molecular weight excluding hydrogens is 197 g/mol. The zero-order valence-electron chi connectivity index (χ0n) is 7.97. The van der Waals surface area contributed by atoms with E-state index in [9.17, 15) is 9.50 Å². The number of aliphatic hydroxyl groups excluding tert-OH is 1. The quantitative estimate of drug-likeness (QED) is 0.727. The summed E-state index contributed by atoms with van der Waals surface area (Å²) in [6.45, 7) is 0.353. The molecule has 4 nitrogen and oxygen atoms in total. The zero-order valence-corrected chi connectivity index (χ0v) is 7.97. The second-order valence-electron chi connectivity index (χ2n) is 3.50. The molecule has 0 spiro atoms. The highest BCUT2D eigenvalue weighted by atomic mass is 19.1. The Hall–Kier alpha value is -1.67. The first-order valence-electron chi connectivity index (χ1n) is 4.64. The lowest BCUT2D eigenvalue weighted by Gasteiger charge is -2.15. The summed E-state index contributed by atoms with van der Waals surface area (Å²) in [5.41, 5.74) is 0.483. The molecule has 2 rings (SSSR count). The minimum Gasteiger partial charge on any atom is -0.388 e. The normalized spacial score (nSPS) is 25.3. The monoisotopic (exact) mass is 207 g/mol. The first-order chi connectivity index (χ1) is 7.20. The molecular formula is C10H10FN3O. The van der Waals surface area contributed by atoms with Crippen LogP contribution in [-0.2, 0) is 0 Å². The fourth-order valence-electron chi connectivity index (χ4n) is 1.59. The fraction of sp³-hybridized carbons (Fsp3) is 0.400. The lowest BCUT2D eigenvalue weighted by Crippen LogP contribution is -2.22. The van der Waals surface area contributed by atoms with Gasteiger partial charge in [-0.1, -0.05) is 0 Å². The van der Waals surface area contributed by atoms with Gasteiger partial charge >= 0.3 is 0 Å². The maximum atomic E-state index is 13.1. The molecule has 0 saturated carbocycles. The number of alkyl halides is 1. The average Bonchev–Trinajstić information content (AvgIpc) is 2.59. The zero-order chi connectivity index (χ0) is 10.8. The summed E-state index contributed by atoms with van der Waals surface area (Å²) < 4.78 is 13.1. The molecule has 5 heteroatoms. The summed E-state index contributed by atoms with van der Waals surface area (Å²) in [6.07, 6.45) is -0.693. The average molecular weight is 207 g/mol. The summed E-state index contributed by atoms with van der Waals surface area (Å²) >= 11 is 0. The number of nitrogens with zero attached hydrogens (tertiary/aromatic N) is 3. The molecule has 2 atom stereocenters. The van der Waals surface area contributed by atoms with Gasteiger partial charge in [0.05, 0.1) is 18.2 Å². The van der Waals surface area contributed by atoms with E-state index in [1.165, 1.54) is 6.20 Å². The van der Waals surface area contributed by atoms with Crippen molar-refractivity contribution in [1.29, 1.82) is 5.26 Å². The van der Waals surface area contributed by atoms with Crippen molar-refractivity contribution in [3.8, 4) is 6.07 Å². The van der Waals surface area contributed by atoms with Crippen molar-refractivity contribution in [1.82, 2.24) is 4.98 Å².